The minimum atomic E-state index is -1.35. The summed E-state index contributed by atoms with van der Waals surface area (Å²) in [6, 6.07) is 5.66. The number of amides is 2. The van der Waals surface area contributed by atoms with E-state index in [-0.39, 0.29) is 45.9 Å². The van der Waals surface area contributed by atoms with Gasteiger partial charge in [-0.1, -0.05) is 17.8 Å². The molecule has 5 heterocycles. The second-order valence-electron chi connectivity index (χ2n) is 12.2. The van der Waals surface area contributed by atoms with E-state index in [2.05, 4.69) is 5.32 Å². The lowest BCUT2D eigenvalue weighted by atomic mass is 10.0. The number of nitrogens with one attached hydrogen (secondary N) is 2. The van der Waals surface area contributed by atoms with Crippen molar-refractivity contribution in [1.82, 2.24) is 19.7 Å². The van der Waals surface area contributed by atoms with Gasteiger partial charge >= 0.3 is 11.9 Å². The van der Waals surface area contributed by atoms with Gasteiger partial charge in [0.05, 0.1) is 17.6 Å². The Labute approximate surface area is 291 Å². The number of β-lactam (4-membered cyclic amide) rings is 1. The van der Waals surface area contributed by atoms with E-state index in [0.717, 1.165) is 35.5 Å². The van der Waals surface area contributed by atoms with Gasteiger partial charge in [-0.3, -0.25) is 24.7 Å². The fourth-order valence-electron chi connectivity index (χ4n) is 6.40. The van der Waals surface area contributed by atoms with Crippen molar-refractivity contribution in [2.75, 3.05) is 42.6 Å². The fraction of sp³-hybridized carbons (Fsp3) is 0.375. The van der Waals surface area contributed by atoms with E-state index in [9.17, 15) is 34.2 Å². The maximum atomic E-state index is 15.4. The highest BCUT2D eigenvalue weighted by Gasteiger charge is 2.54. The van der Waals surface area contributed by atoms with Crippen molar-refractivity contribution < 1.29 is 33.8 Å². The standard InChI is InChI=1S/C32H31FN6O7S3/c33-21-11-19-22(38(17-3-4-17)13-20(27(19)41)30(43)44)12-23(21)36-5-7-37(8-6-36)32(34)49-15-16-14-48-29-25(28(42)39(29)26(16)31(45)46)35-24(40)10-18-2-1-9-47-18/h1-2,9,11-13,17,25,29,34H,3-8,10,14-15H2,(H,35,40)(H,43,44)(H,45,46). The number of aromatic nitrogens is 1. The van der Waals surface area contributed by atoms with E-state index in [4.69, 9.17) is 5.41 Å². The van der Waals surface area contributed by atoms with Crippen LogP contribution in [0.25, 0.3) is 10.9 Å². The van der Waals surface area contributed by atoms with Crippen molar-refractivity contribution in [3.63, 3.8) is 0 Å². The molecule has 1 aromatic carbocycles. The van der Waals surface area contributed by atoms with E-state index >= 15 is 4.39 Å². The first-order chi connectivity index (χ1) is 23.5. The Morgan fingerprint density at radius 3 is 2.49 bits per heavy atom. The summed E-state index contributed by atoms with van der Waals surface area (Å²) in [6.07, 6.45) is 3.18. The fourth-order valence-corrected chi connectivity index (χ4v) is 9.49. The predicted octanol–water partition coefficient (Wildman–Crippen LogP) is 3.01. The molecule has 13 nitrogen and oxygen atoms in total. The molecule has 3 fully saturated rings. The largest absolute Gasteiger partial charge is 0.477 e. The summed E-state index contributed by atoms with van der Waals surface area (Å²) < 4.78 is 17.2. The number of thiophene rings is 1. The molecule has 49 heavy (non-hydrogen) atoms. The SMILES string of the molecule is N=C(SCC1=C(C(=O)O)N2C(=O)C(NC(=O)Cc3cccs3)C2SC1)N1CCN(c2cc3c(cc2F)c(=O)c(C(=O)O)cn3C2CC2)CC1. The maximum Gasteiger partial charge on any atom is 0.352 e. The highest BCUT2D eigenvalue weighted by Crippen LogP contribution is 2.42. The first-order valence-corrected chi connectivity index (χ1v) is 18.5. The Balaban J connectivity index is 0.982. The summed E-state index contributed by atoms with van der Waals surface area (Å²) >= 11 is 3.99. The van der Waals surface area contributed by atoms with Gasteiger partial charge < -0.3 is 29.9 Å². The van der Waals surface area contributed by atoms with Crippen molar-refractivity contribution in [3.8, 4) is 0 Å². The minimum Gasteiger partial charge on any atom is -0.477 e. The van der Waals surface area contributed by atoms with Crippen LogP contribution in [0.1, 0.15) is 34.1 Å². The zero-order valence-electron chi connectivity index (χ0n) is 25.9. The Morgan fingerprint density at radius 2 is 1.84 bits per heavy atom. The minimum absolute atomic E-state index is 0.0291. The topological polar surface area (TPSA) is 176 Å². The molecule has 2 saturated heterocycles. The molecule has 0 radical (unpaired) electrons. The third kappa shape index (κ3) is 6.30. The molecule has 1 saturated carbocycles. The highest BCUT2D eigenvalue weighted by atomic mass is 32.2. The number of thioether (sulfide) groups is 2. The normalized spacial score (nSPS) is 20.7. The van der Waals surface area contributed by atoms with Crippen LogP contribution in [0.5, 0.6) is 0 Å². The number of benzene rings is 1. The van der Waals surface area contributed by atoms with Crippen molar-refractivity contribution in [1.29, 1.82) is 5.41 Å². The smallest absolute Gasteiger partial charge is 0.352 e. The van der Waals surface area contributed by atoms with Crippen molar-refractivity contribution in [2.24, 2.45) is 0 Å². The number of halogens is 1. The van der Waals surface area contributed by atoms with Crippen LogP contribution in [0.2, 0.25) is 0 Å². The van der Waals surface area contributed by atoms with Gasteiger partial charge in [-0.15, -0.1) is 23.1 Å². The molecule has 2 atom stereocenters. The molecule has 4 N–H and O–H groups in total. The van der Waals surface area contributed by atoms with Crippen LogP contribution in [-0.4, -0.2) is 103 Å². The number of aliphatic carboxylic acids is 1. The molecule has 4 aliphatic rings. The van der Waals surface area contributed by atoms with Crippen LogP contribution in [0, 0.1) is 11.2 Å². The molecule has 0 bridgehead atoms. The second-order valence-corrected chi connectivity index (χ2v) is 15.3. The number of carboxylic acid groups (broad SMARTS) is 2. The number of pyridine rings is 1. The molecule has 17 heteroatoms. The van der Waals surface area contributed by atoms with Gasteiger partial charge in [0.1, 0.15) is 28.5 Å². The molecule has 256 valence electrons. The predicted molar refractivity (Wildman–Crippen MR) is 185 cm³/mol. The van der Waals surface area contributed by atoms with Gasteiger partial charge in [0.25, 0.3) is 5.91 Å². The zero-order valence-corrected chi connectivity index (χ0v) is 28.3. The number of piperazine rings is 1. The van der Waals surface area contributed by atoms with Gasteiger partial charge in [-0.05, 0) is 42.0 Å². The molecular weight excluding hydrogens is 696 g/mol. The molecule has 7 rings (SSSR count). The number of carbonyl (C=O) groups excluding carboxylic acids is 2. The number of fused-ring (bicyclic) bond motifs is 2. The number of nitrogens with zero attached hydrogens (tertiary/aromatic N) is 4. The molecule has 3 aromatic rings. The van der Waals surface area contributed by atoms with Gasteiger partial charge in [-0.2, -0.15) is 0 Å². The summed E-state index contributed by atoms with van der Waals surface area (Å²) in [5.74, 6) is -3.45. The number of rotatable bonds is 9. The van der Waals surface area contributed by atoms with E-state index in [1.807, 2.05) is 27.3 Å². The third-order valence-electron chi connectivity index (χ3n) is 9.04. The Morgan fingerprint density at radius 1 is 1.08 bits per heavy atom. The van der Waals surface area contributed by atoms with E-state index < -0.39 is 40.5 Å². The lowest BCUT2D eigenvalue weighted by molar-refractivity contribution is -0.150. The van der Waals surface area contributed by atoms with Crippen LogP contribution < -0.4 is 15.6 Å². The van der Waals surface area contributed by atoms with Gasteiger partial charge in [0.2, 0.25) is 11.3 Å². The maximum absolute atomic E-state index is 15.4. The molecule has 3 aliphatic heterocycles. The summed E-state index contributed by atoms with van der Waals surface area (Å²) in [5.41, 5.74) is 0.0992. The summed E-state index contributed by atoms with van der Waals surface area (Å²) in [5, 5.41) is 32.6. The zero-order chi connectivity index (χ0) is 34.6. The van der Waals surface area contributed by atoms with Crippen LogP contribution in [-0.2, 0) is 20.8 Å². The number of aromatic carboxylic acids is 1. The van der Waals surface area contributed by atoms with Crippen LogP contribution in [0.3, 0.4) is 0 Å². The quantitative estimate of drug-likeness (QED) is 0.145. The summed E-state index contributed by atoms with van der Waals surface area (Å²) in [4.78, 5) is 68.1. The molecule has 0 spiro atoms. The first-order valence-electron chi connectivity index (χ1n) is 15.6. The number of amidine groups is 1. The molecule has 1 aliphatic carbocycles. The Hall–Kier alpha value is -4.35. The first kappa shape index (κ1) is 33.2. The average Bonchev–Trinajstić information content (AvgIpc) is 3.80. The lowest BCUT2D eigenvalue weighted by Gasteiger charge is -2.49. The highest BCUT2D eigenvalue weighted by molar-refractivity contribution is 8.13. The van der Waals surface area contributed by atoms with Crippen molar-refractivity contribution >= 4 is 80.4 Å². The third-order valence-corrected chi connectivity index (χ3v) is 12.3. The van der Waals surface area contributed by atoms with Crippen molar-refractivity contribution in [3.05, 3.63) is 73.6 Å². The summed E-state index contributed by atoms with van der Waals surface area (Å²) in [7, 11) is 0. The molecule has 2 aromatic heterocycles. The lowest BCUT2D eigenvalue weighted by Crippen LogP contribution is -2.70. The molecular formula is C32H31FN6O7S3. The Kier molecular flexibility index (Phi) is 8.91. The number of carboxylic acids is 2. The van der Waals surface area contributed by atoms with Gasteiger partial charge in [0.15, 0.2) is 5.17 Å². The second kappa shape index (κ2) is 13.2. The number of hydrogen-bond acceptors (Lipinski definition) is 10. The van der Waals surface area contributed by atoms with Crippen molar-refractivity contribution in [2.45, 2.75) is 36.7 Å². The Bertz CT molecular complexity index is 1990. The van der Waals surface area contributed by atoms with E-state index in [0.29, 0.717) is 48.7 Å². The number of hydrogen-bond donors (Lipinski definition) is 4. The number of carbonyl (C=O) groups is 4. The molecule has 2 unspecified atom stereocenters. The van der Waals surface area contributed by atoms with Crippen LogP contribution in [0.15, 0.2) is 51.9 Å². The van der Waals surface area contributed by atoms with Gasteiger partial charge in [0, 0.05) is 60.2 Å². The monoisotopic (exact) mass is 726 g/mol. The molecule has 2 amide bonds. The van der Waals surface area contributed by atoms with Crippen LogP contribution >= 0.6 is 34.9 Å². The number of anilines is 1. The van der Waals surface area contributed by atoms with Gasteiger partial charge in [-0.25, -0.2) is 14.0 Å². The van der Waals surface area contributed by atoms with E-state index in [1.54, 1.807) is 10.6 Å². The average molecular weight is 727 g/mol. The summed E-state index contributed by atoms with van der Waals surface area (Å²) in [6.45, 7) is 1.56. The van der Waals surface area contributed by atoms with E-state index in [1.165, 1.54) is 34.2 Å². The van der Waals surface area contributed by atoms with Crippen LogP contribution in [0.4, 0.5) is 10.1 Å².